The molecule has 0 atom stereocenters. The zero-order valence-electron chi connectivity index (χ0n) is 17.5. The maximum absolute atomic E-state index is 12.5. The lowest BCUT2D eigenvalue weighted by atomic mass is 9.82. The lowest BCUT2D eigenvalue weighted by Crippen LogP contribution is -2.30. The predicted octanol–water partition coefficient (Wildman–Crippen LogP) is 4.34. The molecule has 6 heteroatoms. The molecule has 0 amide bonds. The van der Waals surface area contributed by atoms with Gasteiger partial charge in [-0.1, -0.05) is 17.7 Å². The van der Waals surface area contributed by atoms with Gasteiger partial charge in [0.2, 0.25) is 0 Å². The van der Waals surface area contributed by atoms with Gasteiger partial charge in [0.1, 0.15) is 23.9 Å². The molecule has 1 aliphatic carbocycles. The molecule has 1 aliphatic rings. The molecule has 30 heavy (non-hydrogen) atoms. The molecular weight excluding hydrogens is 384 g/mol. The quantitative estimate of drug-likeness (QED) is 0.365. The van der Waals surface area contributed by atoms with Gasteiger partial charge in [-0.2, -0.15) is 0 Å². The van der Waals surface area contributed by atoms with Gasteiger partial charge in [0.15, 0.2) is 0 Å². The first-order valence-electron chi connectivity index (χ1n) is 10.3. The number of aryl methyl sites for hydroxylation is 1. The first kappa shape index (κ1) is 21.8. The van der Waals surface area contributed by atoms with Crippen LogP contribution in [0.25, 0.3) is 0 Å². The Morgan fingerprint density at radius 3 is 1.63 bits per heavy atom. The van der Waals surface area contributed by atoms with Gasteiger partial charge in [-0.25, -0.2) is 0 Å². The van der Waals surface area contributed by atoms with E-state index in [1.165, 1.54) is 0 Å². The molecule has 0 aromatic heterocycles. The number of hydrogen-bond donors (Lipinski definition) is 0. The number of hydrogen-bond acceptors (Lipinski definition) is 6. The Labute approximate surface area is 177 Å². The van der Waals surface area contributed by atoms with Gasteiger partial charge in [0.05, 0.1) is 18.4 Å². The molecule has 1 saturated carbocycles. The third kappa shape index (κ3) is 6.32. The monoisotopic (exact) mass is 412 g/mol. The van der Waals surface area contributed by atoms with Gasteiger partial charge in [-0.15, -0.1) is 0 Å². The molecule has 0 saturated heterocycles. The summed E-state index contributed by atoms with van der Waals surface area (Å²) in [5, 5.41) is 0. The lowest BCUT2D eigenvalue weighted by Gasteiger charge is -2.25. The number of benzene rings is 2. The van der Waals surface area contributed by atoms with Crippen LogP contribution in [-0.4, -0.2) is 32.3 Å². The minimum atomic E-state index is -0.256. The maximum Gasteiger partial charge on any atom is 0.314 e. The summed E-state index contributed by atoms with van der Waals surface area (Å²) in [5.41, 5.74) is 1.11. The second-order valence-electron chi connectivity index (χ2n) is 7.52. The van der Waals surface area contributed by atoms with Crippen LogP contribution in [0.3, 0.4) is 0 Å². The van der Waals surface area contributed by atoms with Crippen molar-refractivity contribution in [2.24, 2.45) is 11.8 Å². The summed E-state index contributed by atoms with van der Waals surface area (Å²) in [7, 11) is 1.62. The fourth-order valence-corrected chi connectivity index (χ4v) is 3.42. The highest BCUT2D eigenvalue weighted by atomic mass is 16.5. The number of rotatable bonds is 8. The van der Waals surface area contributed by atoms with Crippen LogP contribution in [0.5, 0.6) is 17.2 Å². The molecule has 160 valence electrons. The van der Waals surface area contributed by atoms with Crippen LogP contribution in [0.15, 0.2) is 48.5 Å². The van der Waals surface area contributed by atoms with E-state index in [1.807, 2.05) is 19.1 Å². The van der Waals surface area contributed by atoms with Crippen molar-refractivity contribution in [2.45, 2.75) is 32.6 Å². The van der Waals surface area contributed by atoms with E-state index >= 15 is 0 Å². The van der Waals surface area contributed by atoms with Crippen molar-refractivity contribution in [2.75, 3.05) is 20.3 Å². The van der Waals surface area contributed by atoms with E-state index < -0.39 is 0 Å². The van der Waals surface area contributed by atoms with Crippen LogP contribution in [0, 0.1) is 18.8 Å². The van der Waals surface area contributed by atoms with Gasteiger partial charge < -0.3 is 18.9 Å². The Kier molecular flexibility index (Phi) is 7.85. The number of esters is 2. The first-order chi connectivity index (χ1) is 14.5. The highest BCUT2D eigenvalue weighted by Gasteiger charge is 2.32. The Morgan fingerprint density at radius 2 is 1.17 bits per heavy atom. The van der Waals surface area contributed by atoms with E-state index in [1.54, 1.807) is 43.5 Å². The fourth-order valence-electron chi connectivity index (χ4n) is 3.42. The van der Waals surface area contributed by atoms with E-state index in [0.29, 0.717) is 56.1 Å². The molecule has 0 N–H and O–H groups in total. The smallest absolute Gasteiger partial charge is 0.314 e. The number of carbonyl (C=O) groups excluding carboxylic acids is 2. The van der Waals surface area contributed by atoms with Gasteiger partial charge in [0.25, 0.3) is 0 Å². The first-order valence-corrected chi connectivity index (χ1v) is 10.3. The number of ether oxygens (including phenoxy) is 4. The van der Waals surface area contributed by atoms with Crippen LogP contribution in [0.4, 0.5) is 0 Å². The molecule has 0 bridgehead atoms. The van der Waals surface area contributed by atoms with Crippen LogP contribution in [0.1, 0.15) is 31.2 Å². The van der Waals surface area contributed by atoms with E-state index in [9.17, 15) is 9.59 Å². The summed E-state index contributed by atoms with van der Waals surface area (Å²) >= 11 is 0. The third-order valence-corrected chi connectivity index (χ3v) is 5.23. The Morgan fingerprint density at radius 1 is 0.733 bits per heavy atom. The fraction of sp³-hybridized carbons (Fsp3) is 0.417. The standard InChI is InChI=1S/C24H28O6/c1-17-3-9-21(10-4-17)29-23(25)18-5-7-19(8-6-18)24(26)30-22-13-11-20(12-14-22)28-16-15-27-2/h3-4,9-14,18-19H,5-8,15-16H2,1-2H3/t18-,19-. The third-order valence-electron chi connectivity index (χ3n) is 5.23. The molecule has 0 radical (unpaired) electrons. The van der Waals surface area contributed by atoms with Crippen LogP contribution < -0.4 is 14.2 Å². The Bertz CT molecular complexity index is 820. The molecule has 0 heterocycles. The molecule has 0 aliphatic heterocycles. The lowest BCUT2D eigenvalue weighted by molar-refractivity contribution is -0.145. The van der Waals surface area contributed by atoms with Gasteiger partial charge >= 0.3 is 11.9 Å². The van der Waals surface area contributed by atoms with E-state index in [4.69, 9.17) is 18.9 Å². The summed E-state index contributed by atoms with van der Waals surface area (Å²) in [6.07, 6.45) is 2.48. The average molecular weight is 412 g/mol. The van der Waals surface area contributed by atoms with E-state index in [2.05, 4.69) is 0 Å². The second-order valence-corrected chi connectivity index (χ2v) is 7.52. The van der Waals surface area contributed by atoms with Crippen molar-refractivity contribution in [3.63, 3.8) is 0 Å². The van der Waals surface area contributed by atoms with Gasteiger partial charge in [-0.3, -0.25) is 9.59 Å². The van der Waals surface area contributed by atoms with Crippen LogP contribution in [-0.2, 0) is 14.3 Å². The second kappa shape index (κ2) is 10.8. The topological polar surface area (TPSA) is 71.1 Å². The van der Waals surface area contributed by atoms with Crippen molar-refractivity contribution < 1.29 is 28.5 Å². The van der Waals surface area contributed by atoms with Gasteiger partial charge in [-0.05, 0) is 69.0 Å². The molecule has 2 aromatic carbocycles. The largest absolute Gasteiger partial charge is 0.491 e. The number of carbonyl (C=O) groups is 2. The van der Waals surface area contributed by atoms with Crippen molar-refractivity contribution in [3.8, 4) is 17.2 Å². The summed E-state index contributed by atoms with van der Waals surface area (Å²) < 4.78 is 21.4. The predicted molar refractivity (Wildman–Crippen MR) is 112 cm³/mol. The van der Waals surface area contributed by atoms with E-state index in [0.717, 1.165) is 5.56 Å². The minimum absolute atomic E-state index is 0.182. The molecule has 0 spiro atoms. The number of methoxy groups -OCH3 is 1. The van der Waals surface area contributed by atoms with Crippen LogP contribution in [0.2, 0.25) is 0 Å². The molecule has 0 unspecified atom stereocenters. The summed E-state index contributed by atoms with van der Waals surface area (Å²) in [6, 6.07) is 14.4. The Balaban J connectivity index is 1.43. The summed E-state index contributed by atoms with van der Waals surface area (Å²) in [5.74, 6) is 0.870. The highest BCUT2D eigenvalue weighted by molar-refractivity contribution is 5.77. The van der Waals surface area contributed by atoms with Crippen LogP contribution >= 0.6 is 0 Å². The normalized spacial score (nSPS) is 18.5. The molecule has 6 nitrogen and oxygen atoms in total. The van der Waals surface area contributed by atoms with Crippen molar-refractivity contribution in [1.29, 1.82) is 0 Å². The Hall–Kier alpha value is -2.86. The SMILES string of the molecule is COCCOc1ccc(OC(=O)[C@H]2CC[C@H](C(=O)Oc3ccc(C)cc3)CC2)cc1. The summed E-state index contributed by atoms with van der Waals surface area (Å²) in [6.45, 7) is 2.96. The maximum atomic E-state index is 12.5. The zero-order chi connectivity index (χ0) is 21.3. The van der Waals surface area contributed by atoms with Crippen molar-refractivity contribution in [1.82, 2.24) is 0 Å². The molecular formula is C24H28O6. The van der Waals surface area contributed by atoms with Crippen molar-refractivity contribution in [3.05, 3.63) is 54.1 Å². The molecule has 1 fully saturated rings. The van der Waals surface area contributed by atoms with Crippen molar-refractivity contribution >= 4 is 11.9 Å². The highest BCUT2D eigenvalue weighted by Crippen LogP contribution is 2.31. The zero-order valence-corrected chi connectivity index (χ0v) is 17.5. The minimum Gasteiger partial charge on any atom is -0.491 e. The van der Waals surface area contributed by atoms with Gasteiger partial charge in [0, 0.05) is 7.11 Å². The molecule has 2 aromatic rings. The average Bonchev–Trinajstić information content (AvgIpc) is 2.77. The summed E-state index contributed by atoms with van der Waals surface area (Å²) in [4.78, 5) is 24.9. The molecule has 3 rings (SSSR count). The van der Waals surface area contributed by atoms with E-state index in [-0.39, 0.29) is 23.8 Å².